The van der Waals surface area contributed by atoms with Gasteiger partial charge in [-0.15, -0.1) is 0 Å². The summed E-state index contributed by atoms with van der Waals surface area (Å²) in [5.74, 6) is 1.30. The number of thioether (sulfide) groups is 1. The highest BCUT2D eigenvalue weighted by Gasteiger charge is 2.08. The van der Waals surface area contributed by atoms with Gasteiger partial charge in [0.2, 0.25) is 0 Å². The van der Waals surface area contributed by atoms with Crippen molar-refractivity contribution in [2.45, 2.75) is 12.7 Å². The molecule has 2 aromatic rings. The van der Waals surface area contributed by atoms with Gasteiger partial charge >= 0.3 is 5.97 Å². The maximum Gasteiger partial charge on any atom is 0.338 e. The van der Waals surface area contributed by atoms with Crippen LogP contribution in [0.3, 0.4) is 0 Å². The number of esters is 1. The highest BCUT2D eigenvalue weighted by atomic mass is 32.2. The van der Waals surface area contributed by atoms with Gasteiger partial charge in [-0.1, -0.05) is 36.4 Å². The SMILES string of the molecule is CCOC(=O)c1ccc(-c2ccccc2CSCCO)cc1. The van der Waals surface area contributed by atoms with Crippen molar-refractivity contribution in [2.75, 3.05) is 19.0 Å². The van der Waals surface area contributed by atoms with Crippen LogP contribution in [0.25, 0.3) is 11.1 Å². The lowest BCUT2D eigenvalue weighted by Crippen LogP contribution is -2.04. The largest absolute Gasteiger partial charge is 0.462 e. The van der Waals surface area contributed by atoms with Crippen molar-refractivity contribution >= 4 is 17.7 Å². The molecular formula is C18H20O3S. The average Bonchev–Trinajstić information content (AvgIpc) is 2.56. The van der Waals surface area contributed by atoms with Gasteiger partial charge in [0.15, 0.2) is 0 Å². The van der Waals surface area contributed by atoms with E-state index in [-0.39, 0.29) is 12.6 Å². The van der Waals surface area contributed by atoms with Crippen LogP contribution in [0.15, 0.2) is 48.5 Å². The summed E-state index contributed by atoms with van der Waals surface area (Å²) in [5, 5.41) is 8.89. The second-order valence-corrected chi connectivity index (χ2v) is 5.84. The van der Waals surface area contributed by atoms with E-state index < -0.39 is 0 Å². The minimum absolute atomic E-state index is 0.196. The van der Waals surface area contributed by atoms with Crippen LogP contribution in [0, 0.1) is 0 Å². The minimum Gasteiger partial charge on any atom is -0.462 e. The Morgan fingerprint density at radius 1 is 1.14 bits per heavy atom. The zero-order valence-corrected chi connectivity index (χ0v) is 13.4. The number of rotatable bonds is 7. The third kappa shape index (κ3) is 4.36. The second kappa shape index (κ2) is 8.61. The Morgan fingerprint density at radius 3 is 2.55 bits per heavy atom. The Bertz CT molecular complexity index is 608. The molecule has 0 aliphatic heterocycles. The first-order valence-electron chi connectivity index (χ1n) is 7.30. The van der Waals surface area contributed by atoms with Crippen LogP contribution in [-0.4, -0.2) is 30.0 Å². The fourth-order valence-electron chi connectivity index (χ4n) is 2.17. The van der Waals surface area contributed by atoms with Crippen molar-refractivity contribution in [3.05, 3.63) is 59.7 Å². The first-order valence-corrected chi connectivity index (χ1v) is 8.45. The number of aliphatic hydroxyl groups excluding tert-OH is 1. The Hall–Kier alpha value is -1.78. The molecule has 0 atom stereocenters. The highest BCUT2D eigenvalue weighted by Crippen LogP contribution is 2.27. The molecule has 0 aliphatic rings. The Morgan fingerprint density at radius 2 is 1.86 bits per heavy atom. The van der Waals surface area contributed by atoms with Crippen LogP contribution in [0.2, 0.25) is 0 Å². The molecule has 3 nitrogen and oxygen atoms in total. The molecule has 0 unspecified atom stereocenters. The van der Waals surface area contributed by atoms with Gasteiger partial charge in [0.25, 0.3) is 0 Å². The lowest BCUT2D eigenvalue weighted by atomic mass is 9.99. The molecule has 1 N–H and O–H groups in total. The maximum absolute atomic E-state index is 11.7. The summed E-state index contributed by atoms with van der Waals surface area (Å²) in [6.07, 6.45) is 0. The van der Waals surface area contributed by atoms with Crippen molar-refractivity contribution in [2.24, 2.45) is 0 Å². The van der Waals surface area contributed by atoms with E-state index in [4.69, 9.17) is 9.84 Å². The van der Waals surface area contributed by atoms with Crippen LogP contribution in [0.1, 0.15) is 22.8 Å². The lowest BCUT2D eigenvalue weighted by Gasteiger charge is -2.10. The van der Waals surface area contributed by atoms with E-state index in [0.29, 0.717) is 12.2 Å². The van der Waals surface area contributed by atoms with E-state index in [1.54, 1.807) is 30.8 Å². The minimum atomic E-state index is -0.291. The van der Waals surface area contributed by atoms with Gasteiger partial charge in [-0.2, -0.15) is 11.8 Å². The molecular weight excluding hydrogens is 296 g/mol. The number of ether oxygens (including phenoxy) is 1. The number of aliphatic hydroxyl groups is 1. The number of hydrogen-bond donors (Lipinski definition) is 1. The van der Waals surface area contributed by atoms with Crippen LogP contribution in [0.5, 0.6) is 0 Å². The van der Waals surface area contributed by atoms with Crippen molar-refractivity contribution in [1.29, 1.82) is 0 Å². The van der Waals surface area contributed by atoms with E-state index in [1.165, 1.54) is 5.56 Å². The smallest absolute Gasteiger partial charge is 0.338 e. The van der Waals surface area contributed by atoms with Crippen LogP contribution in [0.4, 0.5) is 0 Å². The van der Waals surface area contributed by atoms with Crippen LogP contribution < -0.4 is 0 Å². The molecule has 0 spiro atoms. The summed E-state index contributed by atoms with van der Waals surface area (Å²) in [6.45, 7) is 2.37. The maximum atomic E-state index is 11.7. The van der Waals surface area contributed by atoms with Gasteiger partial charge in [-0.25, -0.2) is 4.79 Å². The number of hydrogen-bond acceptors (Lipinski definition) is 4. The predicted octanol–water partition coefficient (Wildman–Crippen LogP) is 3.76. The van der Waals surface area contributed by atoms with Gasteiger partial charge < -0.3 is 9.84 Å². The Kier molecular flexibility index (Phi) is 6.49. The normalized spacial score (nSPS) is 10.5. The molecule has 4 heteroatoms. The van der Waals surface area contributed by atoms with Gasteiger partial charge in [0, 0.05) is 11.5 Å². The summed E-state index contributed by atoms with van der Waals surface area (Å²) >= 11 is 1.71. The molecule has 2 aromatic carbocycles. The van der Waals surface area contributed by atoms with Crippen molar-refractivity contribution in [1.82, 2.24) is 0 Å². The third-order valence-electron chi connectivity index (χ3n) is 3.22. The van der Waals surface area contributed by atoms with Crippen molar-refractivity contribution < 1.29 is 14.6 Å². The van der Waals surface area contributed by atoms with E-state index in [0.717, 1.165) is 22.6 Å². The predicted molar refractivity (Wildman–Crippen MR) is 91.1 cm³/mol. The molecule has 0 fully saturated rings. The molecule has 0 amide bonds. The lowest BCUT2D eigenvalue weighted by molar-refractivity contribution is 0.0526. The highest BCUT2D eigenvalue weighted by molar-refractivity contribution is 7.98. The number of carbonyl (C=O) groups is 1. The second-order valence-electron chi connectivity index (χ2n) is 4.73. The first kappa shape index (κ1) is 16.6. The monoisotopic (exact) mass is 316 g/mol. The molecule has 0 heterocycles. The average molecular weight is 316 g/mol. The standard InChI is InChI=1S/C18H20O3S/c1-2-21-18(20)15-9-7-14(8-10-15)17-6-4-3-5-16(17)13-22-12-11-19/h3-10,19H,2,11-13H2,1H3. The van der Waals surface area contributed by atoms with Crippen molar-refractivity contribution in [3.63, 3.8) is 0 Å². The zero-order chi connectivity index (χ0) is 15.8. The topological polar surface area (TPSA) is 46.5 Å². The Labute approximate surface area is 135 Å². The molecule has 0 bridgehead atoms. The van der Waals surface area contributed by atoms with Gasteiger partial charge in [-0.05, 0) is 35.7 Å². The van der Waals surface area contributed by atoms with Crippen LogP contribution in [-0.2, 0) is 10.5 Å². The molecule has 0 saturated carbocycles. The van der Waals surface area contributed by atoms with Crippen molar-refractivity contribution in [3.8, 4) is 11.1 Å². The molecule has 22 heavy (non-hydrogen) atoms. The Balaban J connectivity index is 2.19. The van der Waals surface area contributed by atoms with E-state index in [1.807, 2.05) is 24.3 Å². The first-order chi connectivity index (χ1) is 10.8. The quantitative estimate of drug-likeness (QED) is 0.624. The summed E-state index contributed by atoms with van der Waals surface area (Å²) < 4.78 is 5.00. The molecule has 0 aromatic heterocycles. The molecule has 0 radical (unpaired) electrons. The molecule has 2 rings (SSSR count). The number of carbonyl (C=O) groups excluding carboxylic acids is 1. The summed E-state index contributed by atoms with van der Waals surface area (Å²) in [4.78, 5) is 11.7. The molecule has 116 valence electrons. The van der Waals surface area contributed by atoms with E-state index >= 15 is 0 Å². The molecule has 0 saturated heterocycles. The van der Waals surface area contributed by atoms with Gasteiger partial charge in [0.1, 0.15) is 0 Å². The summed E-state index contributed by atoms with van der Waals surface area (Å²) in [5.41, 5.74) is 4.03. The van der Waals surface area contributed by atoms with Gasteiger partial charge in [-0.3, -0.25) is 0 Å². The fourth-order valence-corrected chi connectivity index (χ4v) is 2.92. The summed E-state index contributed by atoms with van der Waals surface area (Å²) in [7, 11) is 0. The van der Waals surface area contributed by atoms with Crippen LogP contribution >= 0.6 is 11.8 Å². The molecule has 0 aliphatic carbocycles. The van der Waals surface area contributed by atoms with Gasteiger partial charge in [0.05, 0.1) is 18.8 Å². The summed E-state index contributed by atoms with van der Waals surface area (Å²) in [6, 6.07) is 15.7. The van der Waals surface area contributed by atoms with E-state index in [2.05, 4.69) is 12.1 Å². The fraction of sp³-hybridized carbons (Fsp3) is 0.278. The number of benzene rings is 2. The van der Waals surface area contributed by atoms with E-state index in [9.17, 15) is 4.79 Å². The zero-order valence-electron chi connectivity index (χ0n) is 12.6. The third-order valence-corrected chi connectivity index (χ3v) is 4.20.